The van der Waals surface area contributed by atoms with Gasteiger partial charge in [0.15, 0.2) is 0 Å². The van der Waals surface area contributed by atoms with Crippen LogP contribution < -0.4 is 0 Å². The average molecular weight is 422 g/mol. The largest absolute Gasteiger partial charge is 0.465 e. The van der Waals surface area contributed by atoms with Gasteiger partial charge in [-0.25, -0.2) is 4.79 Å². The lowest BCUT2D eigenvalue weighted by Crippen LogP contribution is -2.37. The van der Waals surface area contributed by atoms with Crippen LogP contribution in [0.3, 0.4) is 0 Å². The van der Waals surface area contributed by atoms with Gasteiger partial charge in [0.2, 0.25) is 0 Å². The molecule has 0 saturated heterocycles. The second kappa shape index (κ2) is 10.2. The van der Waals surface area contributed by atoms with E-state index in [4.69, 9.17) is 25.8 Å². The number of ether oxygens (including phenoxy) is 3. The van der Waals surface area contributed by atoms with Gasteiger partial charge in [-0.15, -0.1) is 0 Å². The molecule has 156 valence electrons. The van der Waals surface area contributed by atoms with Crippen LogP contribution in [0.15, 0.2) is 40.5 Å². The number of rotatable bonds is 7. The lowest BCUT2D eigenvalue weighted by Gasteiger charge is -2.32. The fraction of sp³-hybridized carbons (Fsp3) is 0.429. The van der Waals surface area contributed by atoms with E-state index in [-0.39, 0.29) is 31.1 Å². The molecule has 1 aromatic carbocycles. The predicted octanol–water partition coefficient (Wildman–Crippen LogP) is 3.46. The molecule has 0 N–H and O–H groups in total. The second-order valence-corrected chi connectivity index (χ2v) is 6.81. The fourth-order valence-corrected chi connectivity index (χ4v) is 3.36. The average Bonchev–Trinajstić information content (AvgIpc) is 2.66. The third-order valence-corrected chi connectivity index (χ3v) is 4.65. The van der Waals surface area contributed by atoms with Crippen molar-refractivity contribution in [1.82, 2.24) is 0 Å². The lowest BCUT2D eigenvalue weighted by atomic mass is 9.75. The summed E-state index contributed by atoms with van der Waals surface area (Å²) in [5.74, 6) is -3.17. The minimum Gasteiger partial charge on any atom is -0.465 e. The molecule has 1 aliphatic heterocycles. The van der Waals surface area contributed by atoms with E-state index in [1.54, 1.807) is 45.0 Å². The lowest BCUT2D eigenvalue weighted by molar-refractivity contribution is -0.146. The number of halogens is 1. The third-order valence-electron chi connectivity index (χ3n) is 4.39. The molecule has 0 amide bonds. The first kappa shape index (κ1) is 22.6. The van der Waals surface area contributed by atoms with Gasteiger partial charge >= 0.3 is 17.9 Å². The van der Waals surface area contributed by atoms with Crippen LogP contribution in [-0.4, -0.2) is 43.4 Å². The number of hydrogen-bond donors (Lipinski definition) is 0. The van der Waals surface area contributed by atoms with Gasteiger partial charge in [0.05, 0.1) is 24.5 Å². The van der Waals surface area contributed by atoms with Crippen molar-refractivity contribution in [2.24, 2.45) is 10.9 Å². The number of benzene rings is 1. The first-order chi connectivity index (χ1) is 13.8. The summed E-state index contributed by atoms with van der Waals surface area (Å²) in [5, 5.41) is 0.518. The number of carbonyl (C=O) groups is 3. The van der Waals surface area contributed by atoms with Crippen molar-refractivity contribution in [3.05, 3.63) is 46.1 Å². The Labute approximate surface area is 174 Å². The van der Waals surface area contributed by atoms with E-state index in [1.807, 2.05) is 0 Å². The number of hydrogen-bond acceptors (Lipinski definition) is 7. The summed E-state index contributed by atoms with van der Waals surface area (Å²) in [5.41, 5.74) is 1.54. The molecule has 2 rings (SSSR count). The summed E-state index contributed by atoms with van der Waals surface area (Å²) < 4.78 is 15.6. The molecule has 7 nitrogen and oxygen atoms in total. The van der Waals surface area contributed by atoms with Crippen molar-refractivity contribution in [1.29, 1.82) is 0 Å². The topological polar surface area (TPSA) is 91.3 Å². The van der Waals surface area contributed by atoms with Crippen LogP contribution in [0, 0.1) is 5.92 Å². The molecule has 29 heavy (non-hydrogen) atoms. The van der Waals surface area contributed by atoms with Crippen molar-refractivity contribution < 1.29 is 28.6 Å². The molecule has 0 spiro atoms. The number of nitrogens with zero attached hydrogens (tertiary/aromatic N) is 1. The molecule has 0 aromatic heterocycles. The fourth-order valence-electron chi connectivity index (χ4n) is 3.23. The van der Waals surface area contributed by atoms with Crippen molar-refractivity contribution in [3.63, 3.8) is 0 Å². The van der Waals surface area contributed by atoms with Crippen LogP contribution >= 0.6 is 11.6 Å². The highest BCUT2D eigenvalue weighted by molar-refractivity contribution is 6.30. The van der Waals surface area contributed by atoms with Gasteiger partial charge in [-0.3, -0.25) is 14.6 Å². The van der Waals surface area contributed by atoms with Crippen LogP contribution in [0.1, 0.15) is 39.2 Å². The number of carbonyl (C=O) groups excluding carboxylic acids is 3. The third kappa shape index (κ3) is 5.44. The zero-order chi connectivity index (χ0) is 21.6. The molecule has 1 heterocycles. The highest BCUT2D eigenvalue weighted by Gasteiger charge is 2.43. The Morgan fingerprint density at radius 2 is 1.66 bits per heavy atom. The maximum atomic E-state index is 12.9. The van der Waals surface area contributed by atoms with E-state index in [1.165, 1.54) is 6.92 Å². The monoisotopic (exact) mass is 421 g/mol. The van der Waals surface area contributed by atoms with Gasteiger partial charge in [-0.05, 0) is 38.5 Å². The van der Waals surface area contributed by atoms with E-state index in [0.29, 0.717) is 16.3 Å². The number of aliphatic imine (C=N–C) groups is 1. The minimum atomic E-state index is -0.823. The van der Waals surface area contributed by atoms with Crippen molar-refractivity contribution >= 4 is 35.2 Å². The Balaban J connectivity index is 2.67. The molecule has 1 aromatic rings. The maximum absolute atomic E-state index is 12.9. The van der Waals surface area contributed by atoms with Gasteiger partial charge in [0.25, 0.3) is 0 Å². The second-order valence-electron chi connectivity index (χ2n) is 6.37. The molecule has 2 unspecified atom stereocenters. The minimum absolute atomic E-state index is 0.142. The van der Waals surface area contributed by atoms with Crippen LogP contribution in [0.2, 0.25) is 5.02 Å². The van der Waals surface area contributed by atoms with Crippen LogP contribution in [0.5, 0.6) is 0 Å². The van der Waals surface area contributed by atoms with Crippen LogP contribution in [0.4, 0.5) is 0 Å². The molecule has 1 aliphatic rings. The van der Waals surface area contributed by atoms with Crippen molar-refractivity contribution in [2.45, 2.75) is 33.6 Å². The Hall–Kier alpha value is -2.67. The van der Waals surface area contributed by atoms with Gasteiger partial charge < -0.3 is 14.2 Å². The quantitative estimate of drug-likeness (QED) is 0.494. The zero-order valence-corrected chi connectivity index (χ0v) is 17.6. The summed E-state index contributed by atoms with van der Waals surface area (Å²) >= 11 is 6.01. The zero-order valence-electron chi connectivity index (χ0n) is 16.9. The molecular weight excluding hydrogens is 398 g/mol. The summed E-state index contributed by atoms with van der Waals surface area (Å²) in [4.78, 5) is 41.4. The molecule has 0 saturated carbocycles. The Bertz CT molecular complexity index is 843. The summed E-state index contributed by atoms with van der Waals surface area (Å²) in [7, 11) is 0. The first-order valence-electron chi connectivity index (χ1n) is 9.30. The maximum Gasteiger partial charge on any atom is 0.336 e. The van der Waals surface area contributed by atoms with Crippen LogP contribution in [-0.2, 0) is 28.6 Å². The Morgan fingerprint density at radius 1 is 1.03 bits per heavy atom. The number of esters is 3. The molecule has 0 fully saturated rings. The van der Waals surface area contributed by atoms with Gasteiger partial charge in [-0.1, -0.05) is 23.7 Å². The molecule has 8 heteroatoms. The Kier molecular flexibility index (Phi) is 7.96. The van der Waals surface area contributed by atoms with E-state index in [2.05, 4.69) is 4.99 Å². The van der Waals surface area contributed by atoms with Crippen molar-refractivity contribution in [3.8, 4) is 0 Å². The van der Waals surface area contributed by atoms with Crippen LogP contribution in [0.25, 0.3) is 0 Å². The Morgan fingerprint density at radius 3 is 2.21 bits per heavy atom. The molecule has 0 aliphatic carbocycles. The first-order valence-corrected chi connectivity index (χ1v) is 9.68. The van der Waals surface area contributed by atoms with Gasteiger partial charge in [0, 0.05) is 23.6 Å². The predicted molar refractivity (Wildman–Crippen MR) is 108 cm³/mol. The van der Waals surface area contributed by atoms with Gasteiger partial charge in [0.1, 0.15) is 12.5 Å². The molecular formula is C21H24ClNO6. The van der Waals surface area contributed by atoms with E-state index >= 15 is 0 Å². The SMILES string of the molecule is CCOC(=O)C1=C(COC(C)=O)N=C(C)C(C(=O)OCC)C1c1ccc(Cl)cc1. The summed E-state index contributed by atoms with van der Waals surface area (Å²) in [6.07, 6.45) is 0. The summed E-state index contributed by atoms with van der Waals surface area (Å²) in [6, 6.07) is 6.82. The highest BCUT2D eigenvalue weighted by atomic mass is 35.5. The van der Waals surface area contributed by atoms with Gasteiger partial charge in [-0.2, -0.15) is 0 Å². The normalized spacial score (nSPS) is 18.7. The standard InChI is InChI=1S/C21H24ClNO6/c1-5-27-20(25)17-12(3)23-16(11-29-13(4)24)19(21(26)28-6-2)18(17)14-7-9-15(22)10-8-14/h7-10,17-18H,5-6,11H2,1-4H3. The smallest absolute Gasteiger partial charge is 0.336 e. The molecule has 0 bridgehead atoms. The molecule has 0 radical (unpaired) electrons. The van der Waals surface area contributed by atoms with E-state index < -0.39 is 29.7 Å². The van der Waals surface area contributed by atoms with E-state index in [9.17, 15) is 14.4 Å². The van der Waals surface area contributed by atoms with Crippen molar-refractivity contribution in [2.75, 3.05) is 19.8 Å². The molecule has 2 atom stereocenters. The highest BCUT2D eigenvalue weighted by Crippen LogP contribution is 2.40. The summed E-state index contributed by atoms with van der Waals surface area (Å²) in [6.45, 7) is 6.46. The van der Waals surface area contributed by atoms with E-state index in [0.717, 1.165) is 0 Å².